The Morgan fingerprint density at radius 3 is 3.08 bits per heavy atom. The largest absolute Gasteiger partial charge is 0.371 e. The van der Waals surface area contributed by atoms with Crippen LogP contribution < -0.4 is 5.32 Å². The molecule has 0 saturated carbocycles. The molecule has 2 aliphatic rings. The number of halogens is 1. The number of hydrogen-bond acceptors (Lipinski definition) is 6. The van der Waals surface area contributed by atoms with E-state index in [0.29, 0.717) is 12.6 Å². The molecular formula is C17H21FN4OS. The second-order valence-electron chi connectivity index (χ2n) is 6.71. The number of anilines is 1. The first-order chi connectivity index (χ1) is 11.7. The van der Waals surface area contributed by atoms with E-state index in [-0.39, 0.29) is 11.6 Å². The number of nitrogens with zero attached hydrogens (tertiary/aromatic N) is 3. The highest BCUT2D eigenvalue weighted by atomic mass is 32.1. The Balaban J connectivity index is 1.36. The summed E-state index contributed by atoms with van der Waals surface area (Å²) in [6.07, 6.45) is 5.56. The zero-order chi connectivity index (χ0) is 16.4. The number of thiophene rings is 1. The van der Waals surface area contributed by atoms with Gasteiger partial charge in [-0.3, -0.25) is 4.90 Å². The number of nitrogens with one attached hydrogen (secondary N) is 1. The van der Waals surface area contributed by atoms with Gasteiger partial charge >= 0.3 is 0 Å². The van der Waals surface area contributed by atoms with E-state index in [0.717, 1.165) is 38.9 Å². The molecule has 2 aliphatic heterocycles. The van der Waals surface area contributed by atoms with Gasteiger partial charge in [-0.05, 0) is 41.8 Å². The molecule has 4 heterocycles. The Bertz CT molecular complexity index is 666. The molecule has 0 bridgehead atoms. The molecule has 2 saturated heterocycles. The summed E-state index contributed by atoms with van der Waals surface area (Å²) in [6, 6.07) is 2.37. The number of aromatic nitrogens is 2. The van der Waals surface area contributed by atoms with Crippen molar-refractivity contribution in [3.05, 3.63) is 40.6 Å². The lowest BCUT2D eigenvalue weighted by atomic mass is 9.88. The molecule has 0 aromatic carbocycles. The first-order valence-electron chi connectivity index (χ1n) is 8.32. The van der Waals surface area contributed by atoms with Crippen LogP contribution in [0, 0.1) is 5.82 Å². The average molecular weight is 348 g/mol. The number of hydrogen-bond donors (Lipinski definition) is 1. The van der Waals surface area contributed by atoms with Gasteiger partial charge in [0, 0.05) is 19.5 Å². The number of piperidine rings is 1. The zero-order valence-corrected chi connectivity index (χ0v) is 14.3. The zero-order valence-electron chi connectivity index (χ0n) is 13.4. The van der Waals surface area contributed by atoms with Gasteiger partial charge in [-0.15, -0.1) is 0 Å². The van der Waals surface area contributed by atoms with Crippen LogP contribution in [0.2, 0.25) is 0 Å². The molecule has 5 nitrogen and oxygen atoms in total. The molecule has 0 aliphatic carbocycles. The van der Waals surface area contributed by atoms with E-state index in [9.17, 15) is 4.39 Å². The second kappa shape index (κ2) is 6.74. The van der Waals surface area contributed by atoms with E-state index in [1.165, 1.54) is 18.0 Å². The van der Waals surface area contributed by atoms with E-state index in [1.807, 2.05) is 0 Å². The van der Waals surface area contributed by atoms with Crippen LogP contribution in [-0.2, 0) is 11.3 Å². The monoisotopic (exact) mass is 348 g/mol. The summed E-state index contributed by atoms with van der Waals surface area (Å²) < 4.78 is 19.1. The SMILES string of the molecule is Fc1cnc(NC2COC3(CCCN(Cc4ccsc4)C3)C2)nc1. The van der Waals surface area contributed by atoms with Crippen molar-refractivity contribution in [1.82, 2.24) is 14.9 Å². The van der Waals surface area contributed by atoms with Crippen molar-refractivity contribution in [1.29, 1.82) is 0 Å². The third-order valence-corrected chi connectivity index (χ3v) is 5.50. The quantitative estimate of drug-likeness (QED) is 0.921. The van der Waals surface area contributed by atoms with Crippen molar-refractivity contribution >= 4 is 17.3 Å². The van der Waals surface area contributed by atoms with E-state index in [4.69, 9.17) is 4.74 Å². The second-order valence-corrected chi connectivity index (χ2v) is 7.49. The van der Waals surface area contributed by atoms with Crippen molar-refractivity contribution in [2.24, 2.45) is 0 Å². The maximum atomic E-state index is 12.9. The van der Waals surface area contributed by atoms with Crippen LogP contribution in [0.3, 0.4) is 0 Å². The van der Waals surface area contributed by atoms with Crippen molar-refractivity contribution < 1.29 is 9.13 Å². The molecule has 128 valence electrons. The Labute approximate surface area is 144 Å². The van der Waals surface area contributed by atoms with Crippen LogP contribution in [-0.4, -0.2) is 46.2 Å². The minimum atomic E-state index is -0.420. The minimum Gasteiger partial charge on any atom is -0.371 e. The predicted octanol–water partition coefficient (Wildman–Crippen LogP) is 2.91. The molecule has 0 radical (unpaired) electrons. The summed E-state index contributed by atoms with van der Waals surface area (Å²) >= 11 is 1.75. The van der Waals surface area contributed by atoms with Gasteiger partial charge in [-0.25, -0.2) is 14.4 Å². The van der Waals surface area contributed by atoms with E-state index >= 15 is 0 Å². The molecule has 2 unspecified atom stereocenters. The lowest BCUT2D eigenvalue weighted by molar-refractivity contribution is -0.0532. The summed E-state index contributed by atoms with van der Waals surface area (Å²) in [6.45, 7) is 3.73. The summed E-state index contributed by atoms with van der Waals surface area (Å²) in [5.74, 6) is 0.0454. The number of likely N-dealkylation sites (tertiary alicyclic amines) is 1. The molecular weight excluding hydrogens is 327 g/mol. The standard InChI is InChI=1S/C17H21FN4OS/c18-14-7-19-16(20-8-14)21-15-6-17(23-10-15)3-1-4-22(12-17)9-13-2-5-24-11-13/h2,5,7-8,11,15H,1,3-4,6,9-10,12H2,(H,19,20,21). The molecule has 24 heavy (non-hydrogen) atoms. The van der Waals surface area contributed by atoms with Crippen molar-refractivity contribution in [2.45, 2.75) is 37.5 Å². The summed E-state index contributed by atoms with van der Waals surface area (Å²) in [5.41, 5.74) is 1.30. The van der Waals surface area contributed by atoms with Crippen LogP contribution in [0.15, 0.2) is 29.2 Å². The molecule has 4 rings (SSSR count). The van der Waals surface area contributed by atoms with Crippen molar-refractivity contribution in [3.63, 3.8) is 0 Å². The van der Waals surface area contributed by atoms with Gasteiger partial charge in [0.2, 0.25) is 5.95 Å². The Morgan fingerprint density at radius 1 is 1.42 bits per heavy atom. The topological polar surface area (TPSA) is 50.3 Å². The van der Waals surface area contributed by atoms with Crippen LogP contribution in [0.1, 0.15) is 24.8 Å². The van der Waals surface area contributed by atoms with Gasteiger partial charge in [-0.2, -0.15) is 11.3 Å². The summed E-state index contributed by atoms with van der Waals surface area (Å²) in [7, 11) is 0. The molecule has 2 atom stereocenters. The van der Waals surface area contributed by atoms with Crippen molar-refractivity contribution in [2.75, 3.05) is 25.0 Å². The minimum absolute atomic E-state index is 0.0774. The third kappa shape index (κ3) is 3.58. The van der Waals surface area contributed by atoms with E-state index in [2.05, 4.69) is 37.0 Å². The highest BCUT2D eigenvalue weighted by Gasteiger charge is 2.43. The Hall–Kier alpha value is -1.57. The predicted molar refractivity (Wildman–Crippen MR) is 91.5 cm³/mol. The number of rotatable bonds is 4. The highest BCUT2D eigenvalue weighted by molar-refractivity contribution is 7.07. The van der Waals surface area contributed by atoms with E-state index < -0.39 is 5.82 Å². The fourth-order valence-corrected chi connectivity index (χ4v) is 4.42. The molecule has 2 aromatic heterocycles. The molecule has 2 fully saturated rings. The average Bonchev–Trinajstić information content (AvgIpc) is 3.21. The Morgan fingerprint density at radius 2 is 2.29 bits per heavy atom. The molecule has 7 heteroatoms. The summed E-state index contributed by atoms with van der Waals surface area (Å²) in [4.78, 5) is 10.4. The smallest absolute Gasteiger partial charge is 0.223 e. The van der Waals surface area contributed by atoms with Crippen LogP contribution in [0.25, 0.3) is 0 Å². The summed E-state index contributed by atoms with van der Waals surface area (Å²) in [5, 5.41) is 7.61. The maximum Gasteiger partial charge on any atom is 0.223 e. The fourth-order valence-electron chi connectivity index (χ4n) is 3.76. The van der Waals surface area contributed by atoms with Crippen LogP contribution in [0.4, 0.5) is 10.3 Å². The van der Waals surface area contributed by atoms with Crippen LogP contribution >= 0.6 is 11.3 Å². The van der Waals surface area contributed by atoms with E-state index in [1.54, 1.807) is 11.3 Å². The normalized spacial score (nSPS) is 27.6. The number of ether oxygens (including phenoxy) is 1. The first kappa shape index (κ1) is 15.9. The van der Waals surface area contributed by atoms with Gasteiger partial charge in [0.05, 0.1) is 30.6 Å². The van der Waals surface area contributed by atoms with Gasteiger partial charge < -0.3 is 10.1 Å². The fraction of sp³-hybridized carbons (Fsp3) is 0.529. The molecule has 1 spiro atoms. The first-order valence-corrected chi connectivity index (χ1v) is 9.27. The molecule has 1 N–H and O–H groups in total. The Kier molecular flexibility index (Phi) is 4.47. The molecule has 2 aromatic rings. The maximum absolute atomic E-state index is 12.9. The van der Waals surface area contributed by atoms with Gasteiger partial charge in [0.1, 0.15) is 0 Å². The lowest BCUT2D eigenvalue weighted by Gasteiger charge is -2.39. The van der Waals surface area contributed by atoms with Crippen LogP contribution in [0.5, 0.6) is 0 Å². The molecule has 0 amide bonds. The van der Waals surface area contributed by atoms with Gasteiger partial charge in [0.25, 0.3) is 0 Å². The highest BCUT2D eigenvalue weighted by Crippen LogP contribution is 2.36. The third-order valence-electron chi connectivity index (χ3n) is 4.77. The van der Waals surface area contributed by atoms with Gasteiger partial charge in [0.15, 0.2) is 5.82 Å². The lowest BCUT2D eigenvalue weighted by Crippen LogP contribution is -2.47. The van der Waals surface area contributed by atoms with Crippen molar-refractivity contribution in [3.8, 4) is 0 Å². The van der Waals surface area contributed by atoms with Gasteiger partial charge in [-0.1, -0.05) is 0 Å².